The van der Waals surface area contributed by atoms with E-state index < -0.39 is 0 Å². The summed E-state index contributed by atoms with van der Waals surface area (Å²) >= 11 is 1.63. The Hall–Kier alpha value is -3.19. The minimum Gasteiger partial charge on any atom is -0.494 e. The highest BCUT2D eigenvalue weighted by Crippen LogP contribution is 2.28. The molecule has 7 heteroatoms. The van der Waals surface area contributed by atoms with Gasteiger partial charge >= 0.3 is 0 Å². The van der Waals surface area contributed by atoms with Gasteiger partial charge in [0.2, 0.25) is 0 Å². The van der Waals surface area contributed by atoms with Crippen molar-refractivity contribution in [3.63, 3.8) is 0 Å². The summed E-state index contributed by atoms with van der Waals surface area (Å²) in [5, 5.41) is 9.69. The van der Waals surface area contributed by atoms with Crippen LogP contribution in [0, 0.1) is 12.7 Å². The van der Waals surface area contributed by atoms with Crippen molar-refractivity contribution in [2.24, 2.45) is 0 Å². The summed E-state index contributed by atoms with van der Waals surface area (Å²) in [4.78, 5) is 4.09. The van der Waals surface area contributed by atoms with Gasteiger partial charge in [0.1, 0.15) is 11.6 Å². The maximum absolute atomic E-state index is 13.0. The van der Waals surface area contributed by atoms with Crippen LogP contribution in [0.5, 0.6) is 5.75 Å². The number of hydrogen-bond acceptors (Lipinski definition) is 5. The number of thioether (sulfide) groups is 1. The molecule has 2 aromatic carbocycles. The van der Waals surface area contributed by atoms with Crippen molar-refractivity contribution in [1.29, 1.82) is 0 Å². The standard InChI is InChI=1S/C23H21FN4OS/c1-17-3-7-20(8-4-17)28-22(18-11-13-25-14-12-18)26-27-23(28)30-16-2-15-29-21-9-5-19(24)6-10-21/h3-14H,2,15-16H2,1H3. The molecule has 0 saturated heterocycles. The molecule has 0 aliphatic rings. The molecule has 152 valence electrons. The SMILES string of the molecule is Cc1ccc(-n2c(SCCCOc3ccc(F)cc3)nnc2-c2ccncc2)cc1. The minimum absolute atomic E-state index is 0.265. The van der Waals surface area contributed by atoms with E-state index in [9.17, 15) is 4.39 Å². The van der Waals surface area contributed by atoms with Crippen LogP contribution in [0.25, 0.3) is 17.1 Å². The average molecular weight is 421 g/mol. The molecule has 0 saturated carbocycles. The summed E-state index contributed by atoms with van der Waals surface area (Å²) < 4.78 is 20.7. The Morgan fingerprint density at radius 1 is 0.933 bits per heavy atom. The number of aromatic nitrogens is 4. The van der Waals surface area contributed by atoms with Crippen LogP contribution in [0.1, 0.15) is 12.0 Å². The molecule has 0 atom stereocenters. The first-order chi connectivity index (χ1) is 14.7. The molecular weight excluding hydrogens is 399 g/mol. The third kappa shape index (κ3) is 4.86. The van der Waals surface area contributed by atoms with Gasteiger partial charge < -0.3 is 4.74 Å². The first kappa shape index (κ1) is 20.1. The van der Waals surface area contributed by atoms with Crippen molar-refractivity contribution >= 4 is 11.8 Å². The lowest BCUT2D eigenvalue weighted by Gasteiger charge is -2.11. The van der Waals surface area contributed by atoms with Crippen LogP contribution in [0.4, 0.5) is 4.39 Å². The molecule has 4 rings (SSSR count). The molecule has 5 nitrogen and oxygen atoms in total. The fraction of sp³-hybridized carbons (Fsp3) is 0.174. The fourth-order valence-electron chi connectivity index (χ4n) is 2.92. The molecule has 4 aromatic rings. The average Bonchev–Trinajstić information content (AvgIpc) is 3.20. The Labute approximate surface area is 179 Å². The monoisotopic (exact) mass is 420 g/mol. The molecule has 0 spiro atoms. The lowest BCUT2D eigenvalue weighted by molar-refractivity contribution is 0.318. The number of hydrogen-bond donors (Lipinski definition) is 0. The predicted molar refractivity (Wildman–Crippen MR) is 117 cm³/mol. The second-order valence-electron chi connectivity index (χ2n) is 6.72. The highest BCUT2D eigenvalue weighted by Gasteiger charge is 2.16. The lowest BCUT2D eigenvalue weighted by atomic mass is 10.2. The van der Waals surface area contributed by atoms with Crippen LogP contribution in [-0.4, -0.2) is 32.1 Å². The lowest BCUT2D eigenvalue weighted by Crippen LogP contribution is -2.02. The van der Waals surface area contributed by atoms with E-state index in [2.05, 4.69) is 50.9 Å². The van der Waals surface area contributed by atoms with Gasteiger partial charge in [0.25, 0.3) is 0 Å². The van der Waals surface area contributed by atoms with E-state index in [1.54, 1.807) is 36.3 Å². The Morgan fingerprint density at radius 2 is 1.67 bits per heavy atom. The molecule has 0 fully saturated rings. The van der Waals surface area contributed by atoms with Crippen molar-refractivity contribution in [3.8, 4) is 22.8 Å². The van der Waals surface area contributed by atoms with Crippen LogP contribution < -0.4 is 4.74 Å². The Kier molecular flexibility index (Phi) is 6.39. The molecule has 0 N–H and O–H groups in total. The Balaban J connectivity index is 1.46. The molecule has 0 aliphatic heterocycles. The van der Waals surface area contributed by atoms with Gasteiger partial charge in [-0.2, -0.15) is 0 Å². The van der Waals surface area contributed by atoms with Crippen molar-refractivity contribution in [2.75, 3.05) is 12.4 Å². The van der Waals surface area contributed by atoms with Crippen LogP contribution in [0.15, 0.2) is 78.2 Å². The van der Waals surface area contributed by atoms with Crippen LogP contribution in [-0.2, 0) is 0 Å². The first-order valence-electron chi connectivity index (χ1n) is 9.65. The molecule has 0 aliphatic carbocycles. The van der Waals surface area contributed by atoms with Gasteiger partial charge in [-0.3, -0.25) is 9.55 Å². The Morgan fingerprint density at radius 3 is 2.40 bits per heavy atom. The molecular formula is C23H21FN4OS. The largest absolute Gasteiger partial charge is 0.494 e. The summed E-state index contributed by atoms with van der Waals surface area (Å²) in [7, 11) is 0. The van der Waals surface area contributed by atoms with Crippen molar-refractivity contribution in [1.82, 2.24) is 19.7 Å². The summed E-state index contributed by atoms with van der Waals surface area (Å²) in [5.74, 6) is 2.01. The fourth-order valence-corrected chi connectivity index (χ4v) is 3.79. The maximum Gasteiger partial charge on any atom is 0.196 e. The van der Waals surface area contributed by atoms with Gasteiger partial charge in [0.15, 0.2) is 11.0 Å². The van der Waals surface area contributed by atoms with E-state index in [4.69, 9.17) is 4.74 Å². The molecule has 0 amide bonds. The van der Waals surface area contributed by atoms with E-state index in [-0.39, 0.29) is 5.82 Å². The molecule has 0 bridgehead atoms. The summed E-state index contributed by atoms with van der Waals surface area (Å²) in [5.41, 5.74) is 3.18. The molecule has 0 unspecified atom stereocenters. The van der Waals surface area contributed by atoms with E-state index in [1.165, 1.54) is 17.7 Å². The van der Waals surface area contributed by atoms with Crippen molar-refractivity contribution in [2.45, 2.75) is 18.5 Å². The number of pyridine rings is 1. The molecule has 0 radical (unpaired) electrons. The Bertz CT molecular complexity index is 1080. The third-order valence-corrected chi connectivity index (χ3v) is 5.48. The smallest absolute Gasteiger partial charge is 0.196 e. The molecule has 2 aromatic heterocycles. The number of ether oxygens (including phenoxy) is 1. The maximum atomic E-state index is 13.0. The summed E-state index contributed by atoms with van der Waals surface area (Å²) in [6.07, 6.45) is 4.33. The highest BCUT2D eigenvalue weighted by atomic mass is 32.2. The highest BCUT2D eigenvalue weighted by molar-refractivity contribution is 7.99. The number of rotatable bonds is 8. The van der Waals surface area contributed by atoms with Crippen LogP contribution >= 0.6 is 11.8 Å². The quantitative estimate of drug-likeness (QED) is 0.285. The van der Waals surface area contributed by atoms with Gasteiger partial charge in [0, 0.05) is 29.4 Å². The zero-order chi connectivity index (χ0) is 20.8. The predicted octanol–water partition coefficient (Wildman–Crippen LogP) is 5.34. The second-order valence-corrected chi connectivity index (χ2v) is 7.78. The summed E-state index contributed by atoms with van der Waals surface area (Å²) in [6.45, 7) is 2.62. The number of benzene rings is 2. The normalized spacial score (nSPS) is 10.9. The van der Waals surface area contributed by atoms with E-state index in [1.807, 2.05) is 12.1 Å². The number of aryl methyl sites for hydroxylation is 1. The molecule has 2 heterocycles. The van der Waals surface area contributed by atoms with E-state index in [0.717, 1.165) is 34.4 Å². The second kappa shape index (κ2) is 9.54. The van der Waals surface area contributed by atoms with Gasteiger partial charge in [-0.1, -0.05) is 29.5 Å². The van der Waals surface area contributed by atoms with Gasteiger partial charge in [-0.05, 0) is 61.9 Å². The van der Waals surface area contributed by atoms with Gasteiger partial charge in [-0.25, -0.2) is 4.39 Å². The zero-order valence-electron chi connectivity index (χ0n) is 16.5. The topological polar surface area (TPSA) is 52.8 Å². The third-order valence-electron chi connectivity index (χ3n) is 4.47. The van der Waals surface area contributed by atoms with Crippen LogP contribution in [0.3, 0.4) is 0 Å². The number of nitrogens with zero attached hydrogens (tertiary/aromatic N) is 4. The number of halogens is 1. The van der Waals surface area contributed by atoms with E-state index >= 15 is 0 Å². The van der Waals surface area contributed by atoms with Crippen LogP contribution in [0.2, 0.25) is 0 Å². The van der Waals surface area contributed by atoms with Gasteiger partial charge in [0.05, 0.1) is 6.61 Å². The van der Waals surface area contributed by atoms with Gasteiger partial charge in [-0.15, -0.1) is 10.2 Å². The van der Waals surface area contributed by atoms with E-state index in [0.29, 0.717) is 12.4 Å². The molecule has 30 heavy (non-hydrogen) atoms. The van der Waals surface area contributed by atoms with Crippen molar-refractivity contribution < 1.29 is 9.13 Å². The first-order valence-corrected chi connectivity index (χ1v) is 10.6. The minimum atomic E-state index is -0.265. The van der Waals surface area contributed by atoms with Crippen molar-refractivity contribution in [3.05, 3.63) is 84.4 Å². The zero-order valence-corrected chi connectivity index (χ0v) is 17.3. The summed E-state index contributed by atoms with van der Waals surface area (Å²) in [6, 6.07) is 18.2.